The van der Waals surface area contributed by atoms with E-state index in [-0.39, 0.29) is 0 Å². The molecule has 0 spiro atoms. The number of aliphatic hydroxyl groups is 1. The Labute approximate surface area is 130 Å². The summed E-state index contributed by atoms with van der Waals surface area (Å²) in [7, 11) is 0. The zero-order chi connectivity index (χ0) is 14.7. The van der Waals surface area contributed by atoms with Crippen LogP contribution in [-0.2, 0) is 19.3 Å². The first kappa shape index (κ1) is 15.6. The molecule has 0 saturated heterocycles. The van der Waals surface area contributed by atoms with Crippen LogP contribution in [0.4, 0.5) is 0 Å². The average Bonchev–Trinajstić information content (AvgIpc) is 2.91. The molecule has 1 aromatic carbocycles. The number of benzene rings is 1. The van der Waals surface area contributed by atoms with Crippen molar-refractivity contribution < 1.29 is 5.11 Å². The Morgan fingerprint density at radius 2 is 1.70 bits per heavy atom. The van der Waals surface area contributed by atoms with Crippen LogP contribution in [0.1, 0.15) is 54.0 Å². The van der Waals surface area contributed by atoms with Crippen molar-refractivity contribution in [1.29, 1.82) is 0 Å². The van der Waals surface area contributed by atoms with Gasteiger partial charge in [-0.05, 0) is 53.0 Å². The van der Waals surface area contributed by atoms with Crippen LogP contribution in [0.15, 0.2) is 23.6 Å². The number of aliphatic hydroxyl groups excluding tert-OH is 1. The number of hydrogen-bond donors (Lipinski definition) is 1. The Morgan fingerprint density at radius 3 is 2.10 bits per heavy atom. The summed E-state index contributed by atoms with van der Waals surface area (Å²) in [5, 5.41) is 13.4. The normalized spacial score (nSPS) is 12.7. The van der Waals surface area contributed by atoms with Crippen LogP contribution >= 0.6 is 22.9 Å². The molecule has 0 aliphatic heterocycles. The van der Waals surface area contributed by atoms with Crippen LogP contribution in [0.3, 0.4) is 0 Å². The van der Waals surface area contributed by atoms with Crippen molar-refractivity contribution in [3.63, 3.8) is 0 Å². The minimum atomic E-state index is -0.613. The predicted octanol–water partition coefficient (Wildman–Crippen LogP) is 5.17. The molecule has 0 radical (unpaired) electrons. The Morgan fingerprint density at radius 1 is 1.10 bits per heavy atom. The molecule has 1 atom stereocenters. The van der Waals surface area contributed by atoms with Crippen molar-refractivity contribution in [2.45, 2.75) is 46.1 Å². The summed E-state index contributed by atoms with van der Waals surface area (Å²) in [5.41, 5.74) is 4.86. The van der Waals surface area contributed by atoms with Crippen molar-refractivity contribution >= 4 is 22.9 Å². The molecule has 3 heteroatoms. The van der Waals surface area contributed by atoms with E-state index in [9.17, 15) is 5.11 Å². The minimum absolute atomic E-state index is 0.613. The lowest BCUT2D eigenvalue weighted by atomic mass is 9.90. The Hall–Kier alpha value is -0.830. The molecule has 1 unspecified atom stereocenters. The average molecular weight is 309 g/mol. The van der Waals surface area contributed by atoms with Crippen LogP contribution in [0.5, 0.6) is 0 Å². The van der Waals surface area contributed by atoms with Gasteiger partial charge in [-0.25, -0.2) is 0 Å². The molecule has 20 heavy (non-hydrogen) atoms. The topological polar surface area (TPSA) is 20.2 Å². The summed E-state index contributed by atoms with van der Waals surface area (Å²) >= 11 is 7.70. The largest absolute Gasteiger partial charge is 0.383 e. The van der Waals surface area contributed by atoms with Crippen molar-refractivity contribution in [2.24, 2.45) is 0 Å². The van der Waals surface area contributed by atoms with E-state index < -0.39 is 6.10 Å². The maximum Gasteiger partial charge on any atom is 0.115 e. The van der Waals surface area contributed by atoms with Gasteiger partial charge in [0.1, 0.15) is 6.10 Å². The van der Waals surface area contributed by atoms with Crippen molar-refractivity contribution in [3.8, 4) is 0 Å². The predicted molar refractivity (Wildman–Crippen MR) is 88.0 cm³/mol. The van der Waals surface area contributed by atoms with Crippen molar-refractivity contribution in [1.82, 2.24) is 0 Å². The Balaban J connectivity index is 2.57. The monoisotopic (exact) mass is 308 g/mol. The fraction of sp³-hybridized carbons (Fsp3) is 0.412. The second kappa shape index (κ2) is 6.75. The zero-order valence-electron chi connectivity index (χ0n) is 12.2. The molecule has 0 bridgehead atoms. The molecule has 0 fully saturated rings. The molecule has 1 nitrogen and oxygen atoms in total. The molecule has 108 valence electrons. The first-order valence-corrected chi connectivity index (χ1v) is 8.43. The zero-order valence-corrected chi connectivity index (χ0v) is 13.8. The van der Waals surface area contributed by atoms with Gasteiger partial charge in [-0.2, -0.15) is 0 Å². The van der Waals surface area contributed by atoms with Gasteiger partial charge in [0.25, 0.3) is 0 Å². The van der Waals surface area contributed by atoms with Crippen LogP contribution in [0.2, 0.25) is 5.02 Å². The number of aryl methyl sites for hydroxylation is 3. The standard InChI is InChI=1S/C17H21ClOS/c1-4-11-9-12(5-2)15(13(6-3)10-11)16(19)17-14(18)7-8-20-17/h7-10,16,19H,4-6H2,1-3H3. The summed E-state index contributed by atoms with van der Waals surface area (Å²) in [5.74, 6) is 0. The van der Waals surface area contributed by atoms with E-state index >= 15 is 0 Å². The van der Waals surface area contributed by atoms with Gasteiger partial charge in [0.15, 0.2) is 0 Å². The fourth-order valence-electron chi connectivity index (χ4n) is 2.62. The first-order chi connectivity index (χ1) is 9.62. The van der Waals surface area contributed by atoms with Gasteiger partial charge in [-0.15, -0.1) is 11.3 Å². The highest BCUT2D eigenvalue weighted by atomic mass is 35.5. The molecule has 2 aromatic rings. The summed E-state index contributed by atoms with van der Waals surface area (Å²) in [6.45, 7) is 6.45. The summed E-state index contributed by atoms with van der Waals surface area (Å²) < 4.78 is 0. The first-order valence-electron chi connectivity index (χ1n) is 7.17. The van der Waals surface area contributed by atoms with Crippen LogP contribution < -0.4 is 0 Å². The summed E-state index contributed by atoms with van der Waals surface area (Å²) in [6.07, 6.45) is 2.26. The third kappa shape index (κ3) is 2.93. The SMILES string of the molecule is CCc1cc(CC)c(C(O)c2sccc2Cl)c(CC)c1. The molecule has 0 amide bonds. The Kier molecular flexibility index (Phi) is 5.25. The molecule has 1 N–H and O–H groups in total. The third-order valence-corrected chi connectivity index (χ3v) is 5.16. The van der Waals surface area contributed by atoms with Gasteiger partial charge in [-0.1, -0.05) is 44.5 Å². The lowest BCUT2D eigenvalue weighted by Crippen LogP contribution is -2.08. The van der Waals surface area contributed by atoms with Gasteiger partial charge in [0.05, 0.1) is 9.90 Å². The number of halogens is 1. The van der Waals surface area contributed by atoms with Gasteiger partial charge in [0.2, 0.25) is 0 Å². The van der Waals surface area contributed by atoms with Gasteiger partial charge in [-0.3, -0.25) is 0 Å². The number of thiophene rings is 1. The van der Waals surface area contributed by atoms with E-state index in [0.717, 1.165) is 29.7 Å². The lowest BCUT2D eigenvalue weighted by Gasteiger charge is -2.20. The lowest BCUT2D eigenvalue weighted by molar-refractivity contribution is 0.222. The van der Waals surface area contributed by atoms with E-state index in [1.165, 1.54) is 28.0 Å². The van der Waals surface area contributed by atoms with Gasteiger partial charge < -0.3 is 5.11 Å². The molecule has 0 saturated carbocycles. The maximum absolute atomic E-state index is 10.8. The minimum Gasteiger partial charge on any atom is -0.383 e. The highest BCUT2D eigenvalue weighted by molar-refractivity contribution is 7.10. The molecular weight excluding hydrogens is 288 g/mol. The molecule has 2 rings (SSSR count). The van der Waals surface area contributed by atoms with E-state index in [4.69, 9.17) is 11.6 Å². The number of rotatable bonds is 5. The molecule has 1 aromatic heterocycles. The van der Waals surface area contributed by atoms with Gasteiger partial charge in [0, 0.05) is 0 Å². The number of hydrogen-bond acceptors (Lipinski definition) is 2. The van der Waals surface area contributed by atoms with E-state index in [1.54, 1.807) is 0 Å². The molecular formula is C17H21ClOS. The van der Waals surface area contributed by atoms with Gasteiger partial charge >= 0.3 is 0 Å². The van der Waals surface area contributed by atoms with Crippen molar-refractivity contribution in [3.05, 3.63) is 55.7 Å². The smallest absolute Gasteiger partial charge is 0.115 e. The maximum atomic E-state index is 10.8. The molecule has 0 aliphatic rings. The summed E-state index contributed by atoms with van der Waals surface area (Å²) in [4.78, 5) is 0.848. The second-order valence-corrected chi connectivity index (χ2v) is 6.28. The van der Waals surface area contributed by atoms with Crippen molar-refractivity contribution in [2.75, 3.05) is 0 Å². The third-order valence-electron chi connectivity index (χ3n) is 3.75. The van der Waals surface area contributed by atoms with E-state index in [2.05, 4.69) is 32.9 Å². The van der Waals surface area contributed by atoms with E-state index in [1.807, 2.05) is 11.4 Å². The quantitative estimate of drug-likeness (QED) is 0.808. The van der Waals surface area contributed by atoms with Crippen LogP contribution in [0.25, 0.3) is 0 Å². The fourth-order valence-corrected chi connectivity index (χ4v) is 3.78. The second-order valence-electron chi connectivity index (χ2n) is 4.92. The Bertz CT molecular complexity index is 563. The van der Waals surface area contributed by atoms with E-state index in [0.29, 0.717) is 5.02 Å². The van der Waals surface area contributed by atoms with Crippen LogP contribution in [-0.4, -0.2) is 5.11 Å². The van der Waals surface area contributed by atoms with Crippen LogP contribution in [0, 0.1) is 0 Å². The summed E-state index contributed by atoms with van der Waals surface area (Å²) in [6, 6.07) is 6.29. The highest BCUT2D eigenvalue weighted by Gasteiger charge is 2.21. The molecule has 1 heterocycles. The highest BCUT2D eigenvalue weighted by Crippen LogP contribution is 2.36. The molecule has 0 aliphatic carbocycles.